The fraction of sp³-hybridized carbons (Fsp3) is 0.0833. The highest BCUT2D eigenvalue weighted by molar-refractivity contribution is 6.34. The molecule has 0 saturated heterocycles. The van der Waals surface area contributed by atoms with Gasteiger partial charge in [-0.25, -0.2) is 10.0 Å². The Hall–Kier alpha value is -2.83. The first-order chi connectivity index (χ1) is 9.15. The van der Waals surface area contributed by atoms with E-state index < -0.39 is 12.3 Å². The van der Waals surface area contributed by atoms with Crippen molar-refractivity contribution < 1.29 is 14.7 Å². The highest BCUT2D eigenvalue weighted by Gasteiger charge is 2.34. The summed E-state index contributed by atoms with van der Waals surface area (Å²) < 4.78 is 0. The number of amides is 1. The minimum absolute atomic E-state index is 0.367. The van der Waals surface area contributed by atoms with Crippen LogP contribution in [0.5, 0.6) is 0 Å². The van der Waals surface area contributed by atoms with Crippen molar-refractivity contribution >= 4 is 23.4 Å². The van der Waals surface area contributed by atoms with Crippen LogP contribution in [0.3, 0.4) is 0 Å². The monoisotopic (exact) mass is 257 g/mol. The van der Waals surface area contributed by atoms with Crippen molar-refractivity contribution in [3.05, 3.63) is 42.0 Å². The largest absolute Gasteiger partial charge is 0.542 e. The average molecular weight is 257 g/mol. The van der Waals surface area contributed by atoms with Gasteiger partial charge in [0.2, 0.25) is 6.29 Å². The number of aliphatic imine (C=N–C) groups is 1. The van der Waals surface area contributed by atoms with Crippen LogP contribution in [0.4, 0.5) is 0 Å². The van der Waals surface area contributed by atoms with Gasteiger partial charge < -0.3 is 15.2 Å². The van der Waals surface area contributed by atoms with Crippen LogP contribution in [0.15, 0.2) is 41.4 Å². The molecule has 7 nitrogen and oxygen atoms in total. The van der Waals surface area contributed by atoms with E-state index in [2.05, 4.69) is 15.7 Å². The highest BCUT2D eigenvalue weighted by atomic mass is 16.4. The summed E-state index contributed by atoms with van der Waals surface area (Å²) in [5, 5.41) is 14.8. The average Bonchev–Trinajstić information content (AvgIpc) is 2.84. The van der Waals surface area contributed by atoms with Crippen LogP contribution in [-0.2, 0) is 9.59 Å². The number of carboxylic acid groups (broad SMARTS) is 1. The molecule has 0 spiro atoms. The molecular formula is C12H9N4O3-. The number of nitrogens with zero attached hydrogens (tertiary/aromatic N) is 2. The van der Waals surface area contributed by atoms with Crippen molar-refractivity contribution in [2.45, 2.75) is 6.29 Å². The predicted molar refractivity (Wildman–Crippen MR) is 63.8 cm³/mol. The molecule has 0 radical (unpaired) electrons. The zero-order chi connectivity index (χ0) is 13.4. The summed E-state index contributed by atoms with van der Waals surface area (Å²) in [7, 11) is 0. The van der Waals surface area contributed by atoms with Gasteiger partial charge in [0.25, 0.3) is 5.91 Å². The molecule has 1 aromatic carbocycles. The van der Waals surface area contributed by atoms with Crippen LogP contribution in [0.2, 0.25) is 0 Å². The lowest BCUT2D eigenvalue weighted by Gasteiger charge is -2.28. The normalized spacial score (nSPS) is 20.9. The number of aliphatic carboxylic acids is 1. The number of nitrogens with one attached hydrogen (secondary N) is 2. The van der Waals surface area contributed by atoms with Gasteiger partial charge in [0, 0.05) is 6.08 Å². The van der Waals surface area contributed by atoms with Gasteiger partial charge in [0.15, 0.2) is 5.84 Å². The third-order valence-corrected chi connectivity index (χ3v) is 2.79. The van der Waals surface area contributed by atoms with Crippen LogP contribution in [0, 0.1) is 0 Å². The maximum atomic E-state index is 11.9. The molecule has 19 heavy (non-hydrogen) atoms. The fourth-order valence-electron chi connectivity index (χ4n) is 1.91. The highest BCUT2D eigenvalue weighted by Crippen LogP contribution is 2.19. The molecule has 96 valence electrons. The van der Waals surface area contributed by atoms with E-state index >= 15 is 0 Å². The van der Waals surface area contributed by atoms with E-state index in [0.717, 1.165) is 10.6 Å². The lowest BCUT2D eigenvalue weighted by atomic mass is 10.1. The molecule has 0 unspecified atom stereocenters. The second-order valence-electron chi connectivity index (χ2n) is 4.03. The molecule has 0 saturated carbocycles. The summed E-state index contributed by atoms with van der Waals surface area (Å²) in [6.07, 6.45) is 0.604. The van der Waals surface area contributed by atoms with Gasteiger partial charge >= 0.3 is 0 Å². The zero-order valence-electron chi connectivity index (χ0n) is 9.66. The van der Waals surface area contributed by atoms with Crippen molar-refractivity contribution in [1.82, 2.24) is 15.8 Å². The van der Waals surface area contributed by atoms with E-state index in [4.69, 9.17) is 0 Å². The molecule has 3 rings (SSSR count). The van der Waals surface area contributed by atoms with Gasteiger partial charge in [-0.05, 0) is 5.56 Å². The Morgan fingerprint density at radius 2 is 2.05 bits per heavy atom. The molecule has 2 aliphatic heterocycles. The van der Waals surface area contributed by atoms with E-state index in [9.17, 15) is 14.7 Å². The molecule has 0 aliphatic carbocycles. The molecule has 2 heterocycles. The number of amidine groups is 1. The van der Waals surface area contributed by atoms with Gasteiger partial charge in [-0.1, -0.05) is 30.3 Å². The van der Waals surface area contributed by atoms with Crippen LogP contribution < -0.4 is 15.8 Å². The molecule has 0 bridgehead atoms. The molecule has 1 atom stereocenters. The Morgan fingerprint density at radius 3 is 2.74 bits per heavy atom. The smallest absolute Gasteiger partial charge is 0.270 e. The quantitative estimate of drug-likeness (QED) is 0.665. The Labute approximate surface area is 108 Å². The van der Waals surface area contributed by atoms with Crippen LogP contribution in [0.1, 0.15) is 5.56 Å². The second-order valence-corrected chi connectivity index (χ2v) is 4.03. The fourth-order valence-corrected chi connectivity index (χ4v) is 1.91. The minimum atomic E-state index is -1.45. The molecule has 1 amide bonds. The van der Waals surface area contributed by atoms with E-state index in [1.165, 1.54) is 6.08 Å². The van der Waals surface area contributed by atoms with Crippen molar-refractivity contribution in [3.8, 4) is 0 Å². The number of benzene rings is 1. The van der Waals surface area contributed by atoms with Crippen LogP contribution in [0.25, 0.3) is 5.70 Å². The van der Waals surface area contributed by atoms with E-state index in [1.807, 2.05) is 30.3 Å². The third-order valence-electron chi connectivity index (χ3n) is 2.79. The lowest BCUT2D eigenvalue weighted by Crippen LogP contribution is -2.54. The van der Waals surface area contributed by atoms with Crippen molar-refractivity contribution in [2.24, 2.45) is 4.99 Å². The second kappa shape index (κ2) is 4.13. The SMILES string of the molecule is O=C([O-])C1=N[C@H]2NC(c3ccccc3)=CC(=O)N2N1. The summed E-state index contributed by atoms with van der Waals surface area (Å²) in [5.41, 5.74) is 3.80. The molecule has 1 aromatic rings. The van der Waals surface area contributed by atoms with Crippen LogP contribution >= 0.6 is 0 Å². The predicted octanol–water partition coefficient (Wildman–Crippen LogP) is -1.59. The van der Waals surface area contributed by atoms with Crippen LogP contribution in [-0.4, -0.2) is 29.0 Å². The summed E-state index contributed by atoms with van der Waals surface area (Å²) in [5.74, 6) is -2.19. The summed E-state index contributed by atoms with van der Waals surface area (Å²) in [6, 6.07) is 9.24. The van der Waals surface area contributed by atoms with Crippen molar-refractivity contribution in [2.75, 3.05) is 0 Å². The number of carbonyl (C=O) groups excluding carboxylic acids is 2. The van der Waals surface area contributed by atoms with Crippen molar-refractivity contribution in [1.29, 1.82) is 0 Å². The summed E-state index contributed by atoms with van der Waals surface area (Å²) in [6.45, 7) is 0. The van der Waals surface area contributed by atoms with Gasteiger partial charge in [-0.2, -0.15) is 0 Å². The first kappa shape index (κ1) is 11.3. The Balaban J connectivity index is 1.90. The van der Waals surface area contributed by atoms with Gasteiger partial charge in [0.1, 0.15) is 5.97 Å². The number of carbonyl (C=O) groups is 2. The minimum Gasteiger partial charge on any atom is -0.542 e. The molecule has 0 aromatic heterocycles. The lowest BCUT2D eigenvalue weighted by molar-refractivity contribution is -0.294. The van der Waals surface area contributed by atoms with Gasteiger partial charge in [0.05, 0.1) is 5.70 Å². The van der Waals surface area contributed by atoms with E-state index in [-0.39, 0.29) is 11.7 Å². The molecule has 2 aliphatic rings. The van der Waals surface area contributed by atoms with E-state index in [0.29, 0.717) is 5.70 Å². The zero-order valence-corrected chi connectivity index (χ0v) is 9.66. The topological polar surface area (TPSA) is 96.9 Å². The number of carboxylic acids is 1. The maximum absolute atomic E-state index is 11.9. The summed E-state index contributed by atoms with van der Waals surface area (Å²) >= 11 is 0. The third kappa shape index (κ3) is 1.90. The van der Waals surface area contributed by atoms with Crippen molar-refractivity contribution in [3.63, 3.8) is 0 Å². The Kier molecular flexibility index (Phi) is 2.45. The van der Waals surface area contributed by atoms with Gasteiger partial charge in [-0.15, -0.1) is 0 Å². The number of hydrazine groups is 1. The number of hydrogen-bond acceptors (Lipinski definition) is 6. The number of hydrogen-bond donors (Lipinski definition) is 2. The molecule has 2 N–H and O–H groups in total. The van der Waals surface area contributed by atoms with Gasteiger partial charge in [-0.3, -0.25) is 10.2 Å². The molecule has 0 fully saturated rings. The number of rotatable bonds is 2. The first-order valence-electron chi connectivity index (χ1n) is 5.58. The number of fused-ring (bicyclic) bond motifs is 1. The molecular weight excluding hydrogens is 248 g/mol. The maximum Gasteiger partial charge on any atom is 0.270 e. The Bertz CT molecular complexity index is 609. The first-order valence-corrected chi connectivity index (χ1v) is 5.58. The summed E-state index contributed by atoms with van der Waals surface area (Å²) in [4.78, 5) is 26.4. The Morgan fingerprint density at radius 1 is 1.32 bits per heavy atom. The van der Waals surface area contributed by atoms with E-state index in [1.54, 1.807) is 0 Å². The standard InChI is InChI=1S/C12H10N4O3/c17-9-6-8(7-4-2-1-3-5-7)13-12-14-10(11(18)19)15-16(9)12/h1-6,12-13H,(H,14,15)(H,18,19)/p-1/t12-/m1/s1. The molecule has 7 heteroatoms.